The van der Waals surface area contributed by atoms with Crippen LogP contribution in [0.4, 0.5) is 11.6 Å². The summed E-state index contributed by atoms with van der Waals surface area (Å²) in [5.41, 5.74) is 6.98. The first-order valence-electron chi connectivity index (χ1n) is 6.49. The van der Waals surface area contributed by atoms with E-state index in [1.807, 2.05) is 6.92 Å². The van der Waals surface area contributed by atoms with E-state index in [0.29, 0.717) is 11.7 Å². The van der Waals surface area contributed by atoms with Crippen molar-refractivity contribution in [1.29, 1.82) is 0 Å². The van der Waals surface area contributed by atoms with Gasteiger partial charge in [-0.05, 0) is 33.9 Å². The molecular weight excluding hydrogens is 226 g/mol. The van der Waals surface area contributed by atoms with E-state index < -0.39 is 0 Å². The highest BCUT2D eigenvalue weighted by Crippen LogP contribution is 2.39. The van der Waals surface area contributed by atoms with E-state index in [9.17, 15) is 0 Å². The first-order valence-corrected chi connectivity index (χ1v) is 6.49. The Morgan fingerprint density at radius 2 is 1.83 bits per heavy atom. The molecule has 1 saturated carbocycles. The van der Waals surface area contributed by atoms with Crippen molar-refractivity contribution in [2.24, 2.45) is 0 Å². The molecule has 0 atom stereocenters. The molecule has 1 fully saturated rings. The molecule has 1 aromatic heterocycles. The highest BCUT2D eigenvalue weighted by molar-refractivity contribution is 5.56. The van der Waals surface area contributed by atoms with Gasteiger partial charge < -0.3 is 15.5 Å². The smallest absolute Gasteiger partial charge is 0.137 e. The van der Waals surface area contributed by atoms with Crippen molar-refractivity contribution in [1.82, 2.24) is 14.9 Å². The number of nitrogens with two attached hydrogens (primary N) is 1. The summed E-state index contributed by atoms with van der Waals surface area (Å²) in [6.45, 7) is 3.93. The average Bonchev–Trinajstić information content (AvgIpc) is 3.13. The summed E-state index contributed by atoms with van der Waals surface area (Å²) in [5, 5.41) is 0. The normalized spacial score (nSPS) is 15.2. The van der Waals surface area contributed by atoms with Crippen LogP contribution in [0.5, 0.6) is 0 Å². The Morgan fingerprint density at radius 1 is 1.17 bits per heavy atom. The van der Waals surface area contributed by atoms with Gasteiger partial charge in [-0.1, -0.05) is 0 Å². The second-order valence-electron chi connectivity index (χ2n) is 5.41. The van der Waals surface area contributed by atoms with Crippen LogP contribution in [0.1, 0.15) is 30.1 Å². The van der Waals surface area contributed by atoms with Crippen LogP contribution in [-0.2, 0) is 0 Å². The molecule has 0 radical (unpaired) electrons. The van der Waals surface area contributed by atoms with Gasteiger partial charge in [-0.25, -0.2) is 9.97 Å². The van der Waals surface area contributed by atoms with Crippen molar-refractivity contribution < 1.29 is 0 Å². The van der Waals surface area contributed by atoms with Gasteiger partial charge in [-0.15, -0.1) is 0 Å². The van der Waals surface area contributed by atoms with Crippen LogP contribution in [0.2, 0.25) is 0 Å². The van der Waals surface area contributed by atoms with Crippen molar-refractivity contribution >= 4 is 11.6 Å². The Hall–Kier alpha value is -1.36. The number of nitrogen functional groups attached to an aromatic ring is 1. The van der Waals surface area contributed by atoms with Gasteiger partial charge in [0.05, 0.1) is 0 Å². The number of anilines is 2. The van der Waals surface area contributed by atoms with E-state index in [2.05, 4.69) is 40.9 Å². The quantitative estimate of drug-likeness (QED) is 0.851. The number of rotatable bonds is 5. The third kappa shape index (κ3) is 2.90. The maximum absolute atomic E-state index is 5.99. The molecule has 2 N–H and O–H groups in total. The second-order valence-corrected chi connectivity index (χ2v) is 5.41. The predicted octanol–water partition coefficient (Wildman–Crippen LogP) is 1.24. The van der Waals surface area contributed by atoms with Crippen molar-refractivity contribution in [3.05, 3.63) is 11.4 Å². The van der Waals surface area contributed by atoms with Crippen LogP contribution in [0.25, 0.3) is 0 Å². The summed E-state index contributed by atoms with van der Waals surface area (Å²) >= 11 is 0. The lowest BCUT2D eigenvalue weighted by Gasteiger charge is -2.23. The zero-order valence-corrected chi connectivity index (χ0v) is 11.8. The van der Waals surface area contributed by atoms with Gasteiger partial charge in [0.25, 0.3) is 0 Å². The van der Waals surface area contributed by atoms with E-state index in [4.69, 9.17) is 5.73 Å². The van der Waals surface area contributed by atoms with Crippen molar-refractivity contribution in [2.75, 3.05) is 44.9 Å². The Kier molecular flexibility index (Phi) is 3.71. The molecule has 5 nitrogen and oxygen atoms in total. The van der Waals surface area contributed by atoms with Crippen LogP contribution < -0.4 is 10.6 Å². The molecule has 0 saturated heterocycles. The highest BCUT2D eigenvalue weighted by Gasteiger charge is 2.28. The van der Waals surface area contributed by atoms with Gasteiger partial charge in [0.2, 0.25) is 0 Å². The number of likely N-dealkylation sites (N-methyl/N-ethyl adjacent to an activating group) is 2. The molecule has 1 aromatic rings. The molecule has 0 amide bonds. The third-order valence-corrected chi connectivity index (χ3v) is 3.36. The van der Waals surface area contributed by atoms with E-state index in [1.54, 1.807) is 0 Å². The van der Waals surface area contributed by atoms with Crippen LogP contribution in [0.3, 0.4) is 0 Å². The number of nitrogens with zero attached hydrogens (tertiary/aromatic N) is 4. The molecule has 0 aromatic carbocycles. The van der Waals surface area contributed by atoms with Gasteiger partial charge in [0.1, 0.15) is 17.5 Å². The zero-order valence-electron chi connectivity index (χ0n) is 11.8. The standard InChI is InChI=1S/C13H23N5/c1-9-11(14)15-12(10-5-6-10)16-13(9)18(4)8-7-17(2)3/h10H,5-8H2,1-4H3,(H2,14,15,16). The second kappa shape index (κ2) is 5.10. The summed E-state index contributed by atoms with van der Waals surface area (Å²) in [4.78, 5) is 13.4. The summed E-state index contributed by atoms with van der Waals surface area (Å²) in [6.07, 6.45) is 2.40. The SMILES string of the molecule is Cc1c(N)nc(C2CC2)nc1N(C)CCN(C)C. The number of hydrogen-bond acceptors (Lipinski definition) is 5. The van der Waals surface area contributed by atoms with Crippen molar-refractivity contribution in [3.8, 4) is 0 Å². The molecule has 1 heterocycles. The Bertz CT molecular complexity index is 426. The van der Waals surface area contributed by atoms with Crippen LogP contribution in [-0.4, -0.2) is 49.1 Å². The fraction of sp³-hybridized carbons (Fsp3) is 0.692. The molecule has 1 aliphatic rings. The van der Waals surface area contributed by atoms with Gasteiger partial charge in [0.15, 0.2) is 0 Å². The molecule has 5 heteroatoms. The molecule has 0 bridgehead atoms. The molecule has 1 aliphatic carbocycles. The molecule has 0 spiro atoms. The molecule has 2 rings (SSSR count). The third-order valence-electron chi connectivity index (χ3n) is 3.36. The monoisotopic (exact) mass is 249 g/mol. The number of hydrogen-bond donors (Lipinski definition) is 1. The lowest BCUT2D eigenvalue weighted by molar-refractivity contribution is 0.416. The van der Waals surface area contributed by atoms with Crippen molar-refractivity contribution in [2.45, 2.75) is 25.7 Å². The summed E-state index contributed by atoms with van der Waals surface area (Å²) in [6, 6.07) is 0. The Labute approximate surface area is 109 Å². The van der Waals surface area contributed by atoms with Crippen LogP contribution in [0.15, 0.2) is 0 Å². The maximum Gasteiger partial charge on any atom is 0.137 e. The van der Waals surface area contributed by atoms with E-state index in [-0.39, 0.29) is 0 Å². The molecule has 18 heavy (non-hydrogen) atoms. The minimum atomic E-state index is 0.536. The van der Waals surface area contributed by atoms with E-state index in [0.717, 1.165) is 30.3 Å². The van der Waals surface area contributed by atoms with E-state index >= 15 is 0 Å². The summed E-state index contributed by atoms with van der Waals surface area (Å²) in [5.74, 6) is 3.06. The zero-order chi connectivity index (χ0) is 13.3. The Morgan fingerprint density at radius 3 is 2.39 bits per heavy atom. The van der Waals surface area contributed by atoms with Crippen LogP contribution >= 0.6 is 0 Å². The van der Waals surface area contributed by atoms with Crippen LogP contribution in [0, 0.1) is 6.92 Å². The minimum Gasteiger partial charge on any atom is -0.383 e. The van der Waals surface area contributed by atoms with E-state index in [1.165, 1.54) is 12.8 Å². The fourth-order valence-corrected chi connectivity index (χ4v) is 1.89. The predicted molar refractivity (Wildman–Crippen MR) is 75.0 cm³/mol. The molecule has 0 aliphatic heterocycles. The van der Waals surface area contributed by atoms with Gasteiger partial charge in [-0.2, -0.15) is 0 Å². The highest BCUT2D eigenvalue weighted by atomic mass is 15.2. The summed E-state index contributed by atoms with van der Waals surface area (Å²) in [7, 11) is 6.21. The minimum absolute atomic E-state index is 0.536. The molecule has 100 valence electrons. The largest absolute Gasteiger partial charge is 0.383 e. The number of aromatic nitrogens is 2. The van der Waals surface area contributed by atoms with Gasteiger partial charge in [0, 0.05) is 31.6 Å². The van der Waals surface area contributed by atoms with Gasteiger partial charge >= 0.3 is 0 Å². The lowest BCUT2D eigenvalue weighted by atomic mass is 10.2. The first-order chi connectivity index (χ1) is 8.49. The topological polar surface area (TPSA) is 58.3 Å². The first kappa shape index (κ1) is 13.1. The molecular formula is C13H23N5. The Balaban J connectivity index is 2.19. The van der Waals surface area contributed by atoms with Crippen molar-refractivity contribution in [3.63, 3.8) is 0 Å². The maximum atomic E-state index is 5.99. The average molecular weight is 249 g/mol. The molecule has 0 unspecified atom stereocenters. The summed E-state index contributed by atoms with van der Waals surface area (Å²) < 4.78 is 0. The fourth-order valence-electron chi connectivity index (χ4n) is 1.89. The van der Waals surface area contributed by atoms with Gasteiger partial charge in [-0.3, -0.25) is 0 Å². The lowest BCUT2D eigenvalue weighted by Crippen LogP contribution is -2.30.